The Kier molecular flexibility index (Phi) is 5.75. The third-order valence-electron chi connectivity index (χ3n) is 3.32. The third kappa shape index (κ3) is 4.56. The predicted molar refractivity (Wildman–Crippen MR) is 84.3 cm³/mol. The Bertz CT molecular complexity index is 538. The minimum atomic E-state index is 0.172. The monoisotopic (exact) mass is 288 g/mol. The number of nitrogens with zero attached hydrogens (tertiary/aromatic N) is 3. The van der Waals surface area contributed by atoms with E-state index in [9.17, 15) is 0 Å². The lowest BCUT2D eigenvalue weighted by molar-refractivity contribution is 0.142. The molecule has 1 N–H and O–H groups in total. The lowest BCUT2D eigenvalue weighted by Gasteiger charge is -2.16. The van der Waals surface area contributed by atoms with Gasteiger partial charge in [0.2, 0.25) is 5.95 Å². The average Bonchev–Trinajstić information content (AvgIpc) is 2.84. The fraction of sp³-hybridized carbons (Fsp3) is 0.500. The molecule has 2 aromatic rings. The molecule has 0 spiro atoms. The number of aromatic nitrogens is 3. The van der Waals surface area contributed by atoms with Crippen LogP contribution in [0.15, 0.2) is 30.7 Å². The molecule has 5 nitrogen and oxygen atoms in total. The highest BCUT2D eigenvalue weighted by molar-refractivity contribution is 5.33. The van der Waals surface area contributed by atoms with Crippen molar-refractivity contribution in [2.45, 2.75) is 39.8 Å². The zero-order valence-electron chi connectivity index (χ0n) is 13.0. The molecule has 1 unspecified atom stereocenters. The predicted octanol–water partition coefficient (Wildman–Crippen LogP) is 3.19. The number of pyridine rings is 1. The number of nitrogens with one attached hydrogen (secondary N) is 1. The second-order valence-electron chi connectivity index (χ2n) is 5.10. The molecule has 2 heterocycles. The Morgan fingerprint density at radius 1 is 1.43 bits per heavy atom. The van der Waals surface area contributed by atoms with Gasteiger partial charge in [-0.2, -0.15) is 0 Å². The normalized spacial score (nSPS) is 12.3. The summed E-state index contributed by atoms with van der Waals surface area (Å²) in [5.74, 6) is 0.903. The van der Waals surface area contributed by atoms with E-state index in [1.807, 2.05) is 26.1 Å². The van der Waals surface area contributed by atoms with Gasteiger partial charge in [0, 0.05) is 38.3 Å². The van der Waals surface area contributed by atoms with Crippen molar-refractivity contribution in [2.75, 3.05) is 18.5 Å². The van der Waals surface area contributed by atoms with Crippen LogP contribution in [0.2, 0.25) is 0 Å². The van der Waals surface area contributed by atoms with Crippen molar-refractivity contribution in [3.8, 4) is 0 Å². The Morgan fingerprint density at radius 3 is 3.00 bits per heavy atom. The molecule has 5 heteroatoms. The Morgan fingerprint density at radius 2 is 2.29 bits per heavy atom. The second-order valence-corrected chi connectivity index (χ2v) is 5.10. The summed E-state index contributed by atoms with van der Waals surface area (Å²) in [7, 11) is 0. The van der Waals surface area contributed by atoms with Gasteiger partial charge in [0.15, 0.2) is 0 Å². The fourth-order valence-corrected chi connectivity index (χ4v) is 2.22. The maximum atomic E-state index is 5.39. The van der Waals surface area contributed by atoms with Crippen molar-refractivity contribution in [1.29, 1.82) is 0 Å². The largest absolute Gasteiger partial charge is 0.382 e. The summed E-state index contributed by atoms with van der Waals surface area (Å²) in [6, 6.07) is 4.19. The SMILES string of the molecule is CCOCCCn1cc(C)nc1NC(C)c1cccnc1. The smallest absolute Gasteiger partial charge is 0.203 e. The Labute approximate surface area is 126 Å². The number of ether oxygens (including phenoxy) is 1. The first kappa shape index (κ1) is 15.5. The number of anilines is 1. The van der Waals surface area contributed by atoms with Gasteiger partial charge in [0.1, 0.15) is 0 Å². The molecule has 0 bridgehead atoms. The zero-order chi connectivity index (χ0) is 15.1. The molecule has 0 radical (unpaired) electrons. The number of aryl methyl sites for hydroxylation is 2. The van der Waals surface area contributed by atoms with E-state index in [2.05, 4.69) is 39.0 Å². The van der Waals surface area contributed by atoms with Gasteiger partial charge in [0.05, 0.1) is 11.7 Å². The van der Waals surface area contributed by atoms with Crippen LogP contribution >= 0.6 is 0 Å². The third-order valence-corrected chi connectivity index (χ3v) is 3.32. The van der Waals surface area contributed by atoms with E-state index in [0.29, 0.717) is 0 Å². The summed E-state index contributed by atoms with van der Waals surface area (Å²) in [6.45, 7) is 8.61. The highest BCUT2D eigenvalue weighted by Gasteiger charge is 2.10. The summed E-state index contributed by atoms with van der Waals surface area (Å²) in [4.78, 5) is 8.73. The van der Waals surface area contributed by atoms with Crippen molar-refractivity contribution in [3.63, 3.8) is 0 Å². The molecule has 2 aromatic heterocycles. The van der Waals surface area contributed by atoms with Gasteiger partial charge >= 0.3 is 0 Å². The minimum Gasteiger partial charge on any atom is -0.382 e. The summed E-state index contributed by atoms with van der Waals surface area (Å²) in [6.07, 6.45) is 6.73. The van der Waals surface area contributed by atoms with Crippen molar-refractivity contribution >= 4 is 5.95 Å². The van der Waals surface area contributed by atoms with Crippen LogP contribution in [-0.2, 0) is 11.3 Å². The molecule has 0 amide bonds. The van der Waals surface area contributed by atoms with Gasteiger partial charge in [-0.1, -0.05) is 6.07 Å². The van der Waals surface area contributed by atoms with Crippen LogP contribution in [0.1, 0.15) is 37.6 Å². The summed E-state index contributed by atoms with van der Waals surface area (Å²) in [5, 5.41) is 3.46. The van der Waals surface area contributed by atoms with Crippen LogP contribution in [0, 0.1) is 6.92 Å². The quantitative estimate of drug-likeness (QED) is 0.758. The van der Waals surface area contributed by atoms with Crippen LogP contribution in [0.5, 0.6) is 0 Å². The van der Waals surface area contributed by atoms with E-state index in [1.165, 1.54) is 0 Å². The molecule has 0 saturated carbocycles. The van der Waals surface area contributed by atoms with Gasteiger partial charge < -0.3 is 14.6 Å². The molecule has 21 heavy (non-hydrogen) atoms. The zero-order valence-corrected chi connectivity index (χ0v) is 13.0. The van der Waals surface area contributed by atoms with E-state index >= 15 is 0 Å². The molecule has 1 atom stereocenters. The molecular weight excluding hydrogens is 264 g/mol. The van der Waals surface area contributed by atoms with Gasteiger partial charge in [-0.3, -0.25) is 4.98 Å². The first-order chi connectivity index (χ1) is 10.2. The van der Waals surface area contributed by atoms with Gasteiger partial charge in [-0.05, 0) is 38.8 Å². The van der Waals surface area contributed by atoms with E-state index in [0.717, 1.165) is 43.4 Å². The topological polar surface area (TPSA) is 52.0 Å². The van der Waals surface area contributed by atoms with Crippen LogP contribution < -0.4 is 5.32 Å². The summed E-state index contributed by atoms with van der Waals surface area (Å²) < 4.78 is 7.54. The van der Waals surface area contributed by atoms with E-state index in [1.54, 1.807) is 6.20 Å². The first-order valence-corrected chi connectivity index (χ1v) is 7.48. The number of hydrogen-bond donors (Lipinski definition) is 1. The minimum absolute atomic E-state index is 0.172. The molecule has 0 aliphatic carbocycles. The number of rotatable bonds is 8. The fourth-order valence-electron chi connectivity index (χ4n) is 2.22. The second kappa shape index (κ2) is 7.78. The average molecular weight is 288 g/mol. The van der Waals surface area contributed by atoms with Crippen LogP contribution in [0.3, 0.4) is 0 Å². The molecule has 0 aromatic carbocycles. The highest BCUT2D eigenvalue weighted by Crippen LogP contribution is 2.18. The van der Waals surface area contributed by atoms with Crippen molar-refractivity contribution in [1.82, 2.24) is 14.5 Å². The van der Waals surface area contributed by atoms with Crippen LogP contribution in [0.4, 0.5) is 5.95 Å². The van der Waals surface area contributed by atoms with Crippen molar-refractivity contribution < 1.29 is 4.74 Å². The summed E-state index contributed by atoms with van der Waals surface area (Å²) >= 11 is 0. The maximum absolute atomic E-state index is 5.39. The maximum Gasteiger partial charge on any atom is 0.203 e. The highest BCUT2D eigenvalue weighted by atomic mass is 16.5. The molecule has 0 saturated heterocycles. The lowest BCUT2D eigenvalue weighted by Crippen LogP contribution is -2.12. The van der Waals surface area contributed by atoms with E-state index in [4.69, 9.17) is 4.74 Å². The molecule has 0 aliphatic heterocycles. The van der Waals surface area contributed by atoms with Gasteiger partial charge in [-0.15, -0.1) is 0 Å². The first-order valence-electron chi connectivity index (χ1n) is 7.48. The van der Waals surface area contributed by atoms with Gasteiger partial charge in [0.25, 0.3) is 0 Å². The summed E-state index contributed by atoms with van der Waals surface area (Å²) in [5.41, 5.74) is 2.17. The van der Waals surface area contributed by atoms with Crippen molar-refractivity contribution in [2.24, 2.45) is 0 Å². The number of hydrogen-bond acceptors (Lipinski definition) is 4. The van der Waals surface area contributed by atoms with Crippen LogP contribution in [-0.4, -0.2) is 27.7 Å². The number of imidazole rings is 1. The molecule has 0 aliphatic rings. The molecule has 2 rings (SSSR count). The van der Waals surface area contributed by atoms with Gasteiger partial charge in [-0.25, -0.2) is 4.98 Å². The Hall–Kier alpha value is -1.88. The van der Waals surface area contributed by atoms with Crippen LogP contribution in [0.25, 0.3) is 0 Å². The molecule has 0 fully saturated rings. The molecular formula is C16H24N4O. The lowest BCUT2D eigenvalue weighted by atomic mass is 10.1. The van der Waals surface area contributed by atoms with Crippen molar-refractivity contribution in [3.05, 3.63) is 42.0 Å². The Balaban J connectivity index is 1.99. The molecule has 114 valence electrons. The standard InChI is InChI=1S/C16H24N4O/c1-4-21-10-6-9-20-12-13(2)18-16(20)19-14(3)15-7-5-8-17-11-15/h5,7-8,11-12,14H,4,6,9-10H2,1-3H3,(H,18,19). The van der Waals surface area contributed by atoms with E-state index in [-0.39, 0.29) is 6.04 Å². The van der Waals surface area contributed by atoms with E-state index < -0.39 is 0 Å².